The molecule has 0 bridgehead atoms. The lowest BCUT2D eigenvalue weighted by atomic mass is 9.93. The van der Waals surface area contributed by atoms with Crippen molar-refractivity contribution in [2.45, 2.75) is 24.4 Å². The van der Waals surface area contributed by atoms with Crippen molar-refractivity contribution in [2.24, 2.45) is 0 Å². The first-order valence-electron chi connectivity index (χ1n) is 7.52. The van der Waals surface area contributed by atoms with Crippen molar-refractivity contribution >= 4 is 5.91 Å². The zero-order chi connectivity index (χ0) is 16.2. The van der Waals surface area contributed by atoms with E-state index in [1.165, 1.54) is 12.0 Å². The van der Waals surface area contributed by atoms with E-state index in [-0.39, 0.29) is 12.3 Å². The Bertz CT molecular complexity index is 793. The number of amides is 1. The maximum Gasteiger partial charge on any atom is 0.257 e. The Morgan fingerprint density at radius 3 is 2.43 bits per heavy atom. The molecule has 1 heterocycles. The lowest BCUT2D eigenvalue weighted by Gasteiger charge is -2.35. The Morgan fingerprint density at radius 2 is 1.78 bits per heavy atom. The first-order chi connectivity index (χ1) is 11.1. The number of para-hydroxylation sites is 1. The summed E-state index contributed by atoms with van der Waals surface area (Å²) >= 11 is 0. The molecule has 2 aromatic carbocycles. The molecule has 0 saturated heterocycles. The number of carbonyl (C=O) groups excluding carboxylic acids is 1. The van der Waals surface area contributed by atoms with Crippen LogP contribution < -0.4 is 4.74 Å². The lowest BCUT2D eigenvalue weighted by molar-refractivity contribution is -0.0583. The van der Waals surface area contributed by atoms with Crippen molar-refractivity contribution in [3.8, 4) is 5.75 Å². The molecule has 1 aliphatic heterocycles. The van der Waals surface area contributed by atoms with E-state index < -0.39 is 17.9 Å². The fraction of sp³-hybridized carbons (Fsp3) is 0.278. The van der Waals surface area contributed by atoms with E-state index in [2.05, 4.69) is 0 Å². The van der Waals surface area contributed by atoms with Gasteiger partial charge in [-0.2, -0.15) is 0 Å². The largest absolute Gasteiger partial charge is 0.496 e. The van der Waals surface area contributed by atoms with Crippen LogP contribution in [0.2, 0.25) is 0 Å². The summed E-state index contributed by atoms with van der Waals surface area (Å²) in [7, 11) is 1.50. The van der Waals surface area contributed by atoms with Crippen LogP contribution in [0.25, 0.3) is 0 Å². The number of hydrogen-bond acceptors (Lipinski definition) is 3. The van der Waals surface area contributed by atoms with E-state index in [1.807, 2.05) is 0 Å². The first-order valence-corrected chi connectivity index (χ1v) is 7.52. The van der Waals surface area contributed by atoms with E-state index in [0.717, 1.165) is 0 Å². The van der Waals surface area contributed by atoms with Gasteiger partial charge in [0, 0.05) is 17.5 Å². The quantitative estimate of drug-likeness (QED) is 0.947. The van der Waals surface area contributed by atoms with Crippen LogP contribution in [0.1, 0.15) is 27.9 Å². The predicted molar refractivity (Wildman–Crippen MR) is 81.9 cm³/mol. The summed E-state index contributed by atoms with van der Waals surface area (Å²) < 4.78 is 19.1. The molecule has 3 atom stereocenters. The minimum absolute atomic E-state index is 0.247. The topological polar surface area (TPSA) is 49.8 Å². The molecule has 0 spiro atoms. The van der Waals surface area contributed by atoms with Crippen molar-refractivity contribution in [2.75, 3.05) is 7.11 Å². The number of aliphatic hydroxyl groups is 1. The molecule has 23 heavy (non-hydrogen) atoms. The number of ether oxygens (including phenoxy) is 1. The van der Waals surface area contributed by atoms with Crippen molar-refractivity contribution in [3.05, 3.63) is 65.2 Å². The Hall–Kier alpha value is -2.40. The highest BCUT2D eigenvalue weighted by Gasteiger charge is 2.59. The van der Waals surface area contributed by atoms with Gasteiger partial charge in [0.1, 0.15) is 11.9 Å². The van der Waals surface area contributed by atoms with Crippen LogP contribution in [0.3, 0.4) is 0 Å². The van der Waals surface area contributed by atoms with E-state index in [9.17, 15) is 14.3 Å². The van der Waals surface area contributed by atoms with Crippen LogP contribution in [0.4, 0.5) is 4.39 Å². The molecule has 2 aromatic rings. The van der Waals surface area contributed by atoms with Gasteiger partial charge in [-0.15, -0.1) is 0 Å². The molecule has 1 saturated carbocycles. The third-order valence-corrected chi connectivity index (χ3v) is 4.60. The number of carbonyl (C=O) groups is 1. The number of alkyl halides is 1. The molecule has 4 nitrogen and oxygen atoms in total. The Kier molecular flexibility index (Phi) is 2.96. The summed E-state index contributed by atoms with van der Waals surface area (Å²) in [6.45, 7) is 0. The second-order valence-corrected chi connectivity index (χ2v) is 5.91. The van der Waals surface area contributed by atoms with Gasteiger partial charge < -0.3 is 9.84 Å². The molecule has 1 unspecified atom stereocenters. The van der Waals surface area contributed by atoms with E-state index in [1.54, 1.807) is 48.5 Å². The van der Waals surface area contributed by atoms with Crippen molar-refractivity contribution in [3.63, 3.8) is 0 Å². The third kappa shape index (κ3) is 1.83. The zero-order valence-electron chi connectivity index (χ0n) is 12.6. The number of benzene rings is 2. The fourth-order valence-electron chi connectivity index (χ4n) is 3.40. The number of rotatable bonds is 3. The fourth-order valence-corrected chi connectivity index (χ4v) is 3.40. The van der Waals surface area contributed by atoms with Crippen molar-refractivity contribution in [1.82, 2.24) is 4.90 Å². The number of halogens is 1. The minimum atomic E-state index is -1.72. The zero-order valence-corrected chi connectivity index (χ0v) is 12.6. The standard InChI is InChI=1S/C18H16FNO3/c1-23-16-9-5-4-8-13(16)18(22)12-7-3-2-6-11(12)17(21)20(18)15-10-14(15)19/h2-9,14-15,22H,10H2,1H3/t14-,15+,18?/m0/s1. The highest BCUT2D eigenvalue weighted by molar-refractivity contribution is 6.01. The van der Waals surface area contributed by atoms with Crippen molar-refractivity contribution in [1.29, 1.82) is 0 Å². The highest BCUT2D eigenvalue weighted by atomic mass is 19.1. The van der Waals surface area contributed by atoms with Crippen LogP contribution in [0.15, 0.2) is 48.5 Å². The van der Waals surface area contributed by atoms with Gasteiger partial charge in [-0.1, -0.05) is 36.4 Å². The second-order valence-electron chi connectivity index (χ2n) is 5.91. The number of nitrogens with zero attached hydrogens (tertiary/aromatic N) is 1. The summed E-state index contributed by atoms with van der Waals surface area (Å²) in [6, 6.07) is 13.2. The average Bonchev–Trinajstić information content (AvgIpc) is 3.24. The third-order valence-electron chi connectivity index (χ3n) is 4.60. The molecule has 2 aliphatic rings. The number of hydrogen-bond donors (Lipinski definition) is 1. The molecule has 0 radical (unpaired) electrons. The van der Waals surface area contributed by atoms with Gasteiger partial charge in [0.05, 0.1) is 18.7 Å². The van der Waals surface area contributed by atoms with Crippen molar-refractivity contribution < 1.29 is 19.0 Å². The van der Waals surface area contributed by atoms with Crippen LogP contribution >= 0.6 is 0 Å². The van der Waals surface area contributed by atoms with Gasteiger partial charge in [0.25, 0.3) is 5.91 Å². The molecule has 118 valence electrons. The maximum atomic E-state index is 13.7. The second kappa shape index (κ2) is 4.80. The van der Waals surface area contributed by atoms with Crippen LogP contribution in [-0.4, -0.2) is 35.2 Å². The number of fused-ring (bicyclic) bond motifs is 1. The van der Waals surface area contributed by atoms with E-state index in [0.29, 0.717) is 22.4 Å². The van der Waals surface area contributed by atoms with Crippen LogP contribution in [0.5, 0.6) is 5.75 Å². The first kappa shape index (κ1) is 14.2. The van der Waals surface area contributed by atoms with Crippen LogP contribution in [-0.2, 0) is 5.72 Å². The molecule has 0 aromatic heterocycles. The van der Waals surface area contributed by atoms with Gasteiger partial charge in [-0.3, -0.25) is 9.69 Å². The number of methoxy groups -OCH3 is 1. The van der Waals surface area contributed by atoms with E-state index in [4.69, 9.17) is 4.74 Å². The molecule has 1 aliphatic carbocycles. The normalized spacial score (nSPS) is 28.7. The minimum Gasteiger partial charge on any atom is -0.496 e. The monoisotopic (exact) mass is 313 g/mol. The molecular formula is C18H16FNO3. The Morgan fingerprint density at radius 1 is 1.17 bits per heavy atom. The summed E-state index contributed by atoms with van der Waals surface area (Å²) in [4.78, 5) is 14.0. The lowest BCUT2D eigenvalue weighted by Crippen LogP contribution is -2.47. The van der Waals surface area contributed by atoms with Gasteiger partial charge >= 0.3 is 0 Å². The summed E-state index contributed by atoms with van der Waals surface area (Å²) in [5, 5.41) is 11.5. The summed E-state index contributed by atoms with van der Waals surface area (Å²) in [5.41, 5.74) is -0.403. The summed E-state index contributed by atoms with van der Waals surface area (Å²) in [5.74, 6) is 0.111. The van der Waals surface area contributed by atoms with E-state index >= 15 is 0 Å². The molecule has 4 rings (SSSR count). The van der Waals surface area contributed by atoms with Gasteiger partial charge in [0.15, 0.2) is 5.72 Å². The van der Waals surface area contributed by atoms with Gasteiger partial charge in [-0.25, -0.2) is 4.39 Å². The maximum absolute atomic E-state index is 13.7. The van der Waals surface area contributed by atoms with Crippen LogP contribution in [0, 0.1) is 0 Å². The highest BCUT2D eigenvalue weighted by Crippen LogP contribution is 2.50. The molecule has 1 N–H and O–H groups in total. The summed E-state index contributed by atoms with van der Waals surface area (Å²) in [6.07, 6.45) is -0.855. The Balaban J connectivity index is 1.97. The SMILES string of the molecule is COc1ccccc1C1(O)c2ccccc2C(=O)N1[C@@H]1C[C@@H]1F. The average molecular weight is 313 g/mol. The smallest absolute Gasteiger partial charge is 0.257 e. The molecule has 1 fully saturated rings. The predicted octanol–water partition coefficient (Wildman–Crippen LogP) is 2.45. The molecular weight excluding hydrogens is 297 g/mol. The van der Waals surface area contributed by atoms with Gasteiger partial charge in [-0.05, 0) is 12.1 Å². The molecule has 1 amide bonds. The molecule has 5 heteroatoms. The van der Waals surface area contributed by atoms with Gasteiger partial charge in [0.2, 0.25) is 0 Å². The Labute approximate surface area is 133 Å².